The second-order valence-corrected chi connectivity index (χ2v) is 9.75. The van der Waals surface area contributed by atoms with Crippen molar-refractivity contribution in [2.45, 2.75) is 38.4 Å². The standard InChI is InChI=1S/C22H27N5O3S2/c1-4-27-20(29)18-19(24-21(32-18)26-11-9-14(2)10-12-26)25-22(27)31-13-17(28)23-15-5-7-16(30-3)8-6-15/h5-8,14H,4,9-13H2,1-3H3,(H,23,28). The molecule has 4 rings (SSSR count). The normalized spacial score (nSPS) is 14.7. The molecule has 1 fully saturated rings. The highest BCUT2D eigenvalue weighted by atomic mass is 32.2. The Morgan fingerprint density at radius 2 is 1.97 bits per heavy atom. The number of thiazole rings is 1. The van der Waals surface area contributed by atoms with Gasteiger partial charge in [0.05, 0.1) is 12.9 Å². The van der Waals surface area contributed by atoms with E-state index in [4.69, 9.17) is 4.74 Å². The van der Waals surface area contributed by atoms with Crippen LogP contribution in [0, 0.1) is 5.92 Å². The smallest absolute Gasteiger partial charge is 0.273 e. The van der Waals surface area contributed by atoms with Gasteiger partial charge in [-0.2, -0.15) is 4.98 Å². The molecule has 1 aliphatic rings. The summed E-state index contributed by atoms with van der Waals surface area (Å²) in [6.45, 7) is 6.57. The number of amides is 1. The van der Waals surface area contributed by atoms with E-state index in [-0.39, 0.29) is 17.2 Å². The number of ether oxygens (including phenoxy) is 1. The highest BCUT2D eigenvalue weighted by Crippen LogP contribution is 2.30. The summed E-state index contributed by atoms with van der Waals surface area (Å²) in [5.74, 6) is 1.43. The molecule has 0 saturated carbocycles. The van der Waals surface area contributed by atoms with Crippen LogP contribution in [0.25, 0.3) is 10.3 Å². The number of methoxy groups -OCH3 is 1. The van der Waals surface area contributed by atoms with E-state index >= 15 is 0 Å². The Kier molecular flexibility index (Phi) is 7.00. The maximum atomic E-state index is 13.1. The first-order valence-electron chi connectivity index (χ1n) is 10.7. The summed E-state index contributed by atoms with van der Waals surface area (Å²) in [5.41, 5.74) is 1.06. The molecule has 0 unspecified atom stereocenters. The van der Waals surface area contributed by atoms with Crippen molar-refractivity contribution in [2.24, 2.45) is 5.92 Å². The summed E-state index contributed by atoms with van der Waals surface area (Å²) in [4.78, 5) is 37.1. The average Bonchev–Trinajstić information content (AvgIpc) is 3.23. The van der Waals surface area contributed by atoms with Gasteiger partial charge in [-0.05, 0) is 49.9 Å². The third-order valence-electron chi connectivity index (χ3n) is 5.55. The topological polar surface area (TPSA) is 89.3 Å². The maximum absolute atomic E-state index is 13.1. The minimum absolute atomic E-state index is 0.0929. The first kappa shape index (κ1) is 22.6. The number of hydrogen-bond acceptors (Lipinski definition) is 8. The average molecular weight is 474 g/mol. The van der Waals surface area contributed by atoms with E-state index in [1.54, 1.807) is 35.9 Å². The van der Waals surface area contributed by atoms with Crippen LogP contribution in [0.4, 0.5) is 10.8 Å². The largest absolute Gasteiger partial charge is 0.497 e. The number of hydrogen-bond donors (Lipinski definition) is 1. The lowest BCUT2D eigenvalue weighted by molar-refractivity contribution is -0.113. The van der Waals surface area contributed by atoms with Crippen LogP contribution < -0.4 is 20.5 Å². The summed E-state index contributed by atoms with van der Waals surface area (Å²) >= 11 is 2.67. The van der Waals surface area contributed by atoms with Crippen molar-refractivity contribution in [1.82, 2.24) is 14.5 Å². The maximum Gasteiger partial charge on any atom is 0.273 e. The fourth-order valence-corrected chi connectivity index (χ4v) is 5.46. The Morgan fingerprint density at radius 1 is 1.25 bits per heavy atom. The molecule has 0 bridgehead atoms. The van der Waals surface area contributed by atoms with E-state index in [1.807, 2.05) is 6.92 Å². The van der Waals surface area contributed by atoms with Crippen LogP contribution in [0.3, 0.4) is 0 Å². The van der Waals surface area contributed by atoms with Crippen molar-refractivity contribution in [1.29, 1.82) is 0 Å². The van der Waals surface area contributed by atoms with Crippen LogP contribution in [0.15, 0.2) is 34.2 Å². The van der Waals surface area contributed by atoms with Gasteiger partial charge in [0.15, 0.2) is 15.9 Å². The van der Waals surface area contributed by atoms with E-state index in [0.29, 0.717) is 27.7 Å². The molecular formula is C22H27N5O3S2. The molecule has 1 amide bonds. The number of nitrogens with one attached hydrogen (secondary N) is 1. The lowest BCUT2D eigenvalue weighted by Gasteiger charge is -2.29. The minimum Gasteiger partial charge on any atom is -0.497 e. The molecule has 1 saturated heterocycles. The Hall–Kier alpha value is -2.59. The SMILES string of the molecule is CCn1c(SCC(=O)Nc2ccc(OC)cc2)nc2nc(N3CCC(C)CC3)sc2c1=O. The number of carbonyl (C=O) groups is 1. The third kappa shape index (κ3) is 4.91. The molecule has 1 aromatic carbocycles. The molecule has 8 nitrogen and oxygen atoms in total. The predicted octanol–water partition coefficient (Wildman–Crippen LogP) is 3.85. The van der Waals surface area contributed by atoms with Crippen molar-refractivity contribution in [2.75, 3.05) is 36.2 Å². The second kappa shape index (κ2) is 9.91. The van der Waals surface area contributed by atoms with Gasteiger partial charge in [0.25, 0.3) is 5.56 Å². The van der Waals surface area contributed by atoms with Crippen molar-refractivity contribution in [3.8, 4) is 5.75 Å². The lowest BCUT2D eigenvalue weighted by Crippen LogP contribution is -2.32. The highest BCUT2D eigenvalue weighted by Gasteiger charge is 2.22. The number of fused-ring (bicyclic) bond motifs is 1. The fourth-order valence-electron chi connectivity index (χ4n) is 3.60. The van der Waals surface area contributed by atoms with Crippen LogP contribution in [0.2, 0.25) is 0 Å². The zero-order chi connectivity index (χ0) is 22.7. The summed E-state index contributed by atoms with van der Waals surface area (Å²) < 4.78 is 7.33. The number of anilines is 2. The number of thioether (sulfide) groups is 1. The van der Waals surface area contributed by atoms with Gasteiger partial charge in [0.1, 0.15) is 10.4 Å². The first-order chi connectivity index (χ1) is 15.5. The summed E-state index contributed by atoms with van der Waals surface area (Å²) in [5, 5.41) is 4.23. The molecule has 2 aromatic heterocycles. The Bertz CT molecular complexity index is 1150. The quantitative estimate of drug-likeness (QED) is 0.412. The monoisotopic (exact) mass is 473 g/mol. The fraction of sp³-hybridized carbons (Fsp3) is 0.455. The third-order valence-corrected chi connectivity index (χ3v) is 7.62. The Morgan fingerprint density at radius 3 is 2.62 bits per heavy atom. The number of piperidine rings is 1. The van der Waals surface area contributed by atoms with Crippen molar-refractivity contribution in [3.05, 3.63) is 34.6 Å². The minimum atomic E-state index is -0.168. The molecule has 3 aromatic rings. The van der Waals surface area contributed by atoms with Crippen molar-refractivity contribution in [3.63, 3.8) is 0 Å². The number of rotatable bonds is 7. The molecule has 0 spiro atoms. The van der Waals surface area contributed by atoms with Gasteiger partial charge in [-0.1, -0.05) is 30.0 Å². The van der Waals surface area contributed by atoms with Gasteiger partial charge in [-0.25, -0.2) is 4.98 Å². The van der Waals surface area contributed by atoms with E-state index in [2.05, 4.69) is 27.1 Å². The van der Waals surface area contributed by atoms with Gasteiger partial charge in [0.2, 0.25) is 5.91 Å². The molecule has 170 valence electrons. The van der Waals surface area contributed by atoms with Gasteiger partial charge < -0.3 is 15.0 Å². The van der Waals surface area contributed by atoms with E-state index < -0.39 is 0 Å². The predicted molar refractivity (Wildman–Crippen MR) is 130 cm³/mol. The van der Waals surface area contributed by atoms with E-state index in [9.17, 15) is 9.59 Å². The van der Waals surface area contributed by atoms with Crippen LogP contribution in [0.1, 0.15) is 26.7 Å². The Labute approximate surface area is 195 Å². The number of carbonyl (C=O) groups excluding carboxylic acids is 1. The molecule has 0 aliphatic carbocycles. The molecular weight excluding hydrogens is 446 g/mol. The summed E-state index contributed by atoms with van der Waals surface area (Å²) in [6.07, 6.45) is 2.26. The molecule has 1 aliphatic heterocycles. The van der Waals surface area contributed by atoms with Gasteiger partial charge in [-0.15, -0.1) is 0 Å². The molecule has 0 atom stereocenters. The summed E-state index contributed by atoms with van der Waals surface area (Å²) in [6, 6.07) is 7.14. The van der Waals surface area contributed by atoms with Crippen molar-refractivity contribution < 1.29 is 9.53 Å². The molecule has 0 radical (unpaired) electrons. The zero-order valence-electron chi connectivity index (χ0n) is 18.5. The van der Waals surface area contributed by atoms with Crippen LogP contribution in [-0.4, -0.2) is 46.4 Å². The Balaban J connectivity index is 1.50. The second-order valence-electron chi connectivity index (χ2n) is 7.83. The number of aromatic nitrogens is 3. The van der Waals surface area contributed by atoms with Crippen LogP contribution >= 0.6 is 23.1 Å². The molecule has 1 N–H and O–H groups in total. The van der Waals surface area contributed by atoms with Crippen LogP contribution in [0.5, 0.6) is 5.75 Å². The number of benzene rings is 1. The first-order valence-corrected chi connectivity index (χ1v) is 12.5. The molecule has 10 heteroatoms. The molecule has 3 heterocycles. The van der Waals surface area contributed by atoms with E-state index in [1.165, 1.54) is 23.1 Å². The zero-order valence-corrected chi connectivity index (χ0v) is 20.1. The summed E-state index contributed by atoms with van der Waals surface area (Å²) in [7, 11) is 1.60. The van der Waals surface area contributed by atoms with Gasteiger partial charge in [0, 0.05) is 25.3 Å². The number of nitrogens with zero attached hydrogens (tertiary/aromatic N) is 4. The van der Waals surface area contributed by atoms with Crippen molar-refractivity contribution >= 4 is 50.2 Å². The highest BCUT2D eigenvalue weighted by molar-refractivity contribution is 7.99. The van der Waals surface area contributed by atoms with E-state index in [0.717, 1.165) is 42.7 Å². The van der Waals surface area contributed by atoms with Crippen LogP contribution in [-0.2, 0) is 11.3 Å². The lowest BCUT2D eigenvalue weighted by atomic mass is 10.00. The van der Waals surface area contributed by atoms with Gasteiger partial charge in [-0.3, -0.25) is 14.2 Å². The van der Waals surface area contributed by atoms with Gasteiger partial charge >= 0.3 is 0 Å². The molecule has 32 heavy (non-hydrogen) atoms.